The fraction of sp³-hybridized carbons (Fsp3) is 0.667. The quantitative estimate of drug-likeness (QED) is 0.887. The summed E-state index contributed by atoms with van der Waals surface area (Å²) in [6.07, 6.45) is 0.962. The maximum absolute atomic E-state index is 10.3. The molecule has 2 nitrogen and oxygen atoms in total. The Labute approximate surface area is 123 Å². The second-order valence-electron chi connectivity index (χ2n) is 7.58. The van der Waals surface area contributed by atoms with E-state index in [1.54, 1.807) is 0 Å². The molecule has 20 heavy (non-hydrogen) atoms. The average molecular weight is 275 g/mol. The van der Waals surface area contributed by atoms with Crippen LogP contribution in [-0.2, 0) is 5.41 Å². The van der Waals surface area contributed by atoms with E-state index in [1.807, 2.05) is 0 Å². The van der Waals surface area contributed by atoms with Gasteiger partial charge in [-0.25, -0.2) is 0 Å². The highest BCUT2D eigenvalue weighted by Gasteiger charge is 2.33. The Bertz CT molecular complexity index is 432. The molecule has 1 aromatic rings. The van der Waals surface area contributed by atoms with Gasteiger partial charge in [-0.05, 0) is 41.8 Å². The van der Waals surface area contributed by atoms with Crippen LogP contribution in [0.2, 0.25) is 0 Å². The van der Waals surface area contributed by atoms with Crippen LogP contribution in [0.3, 0.4) is 0 Å². The van der Waals surface area contributed by atoms with Gasteiger partial charge in [-0.15, -0.1) is 0 Å². The van der Waals surface area contributed by atoms with Crippen molar-refractivity contribution < 1.29 is 5.11 Å². The maximum Gasteiger partial charge on any atom is 0.0916 e. The minimum Gasteiger partial charge on any atom is -0.387 e. The molecule has 0 amide bonds. The lowest BCUT2D eigenvalue weighted by Gasteiger charge is -2.22. The molecule has 0 aromatic heterocycles. The van der Waals surface area contributed by atoms with Crippen LogP contribution in [0, 0.1) is 11.8 Å². The van der Waals surface area contributed by atoms with Crippen molar-refractivity contribution in [3.8, 4) is 0 Å². The molecule has 2 heteroatoms. The Balaban J connectivity index is 1.90. The second-order valence-corrected chi connectivity index (χ2v) is 7.58. The number of rotatable bonds is 5. The van der Waals surface area contributed by atoms with Gasteiger partial charge in [0.2, 0.25) is 0 Å². The van der Waals surface area contributed by atoms with Crippen molar-refractivity contribution in [1.29, 1.82) is 0 Å². The van der Waals surface area contributed by atoms with Crippen LogP contribution in [0.1, 0.15) is 51.3 Å². The zero-order valence-electron chi connectivity index (χ0n) is 13.6. The summed E-state index contributed by atoms with van der Waals surface area (Å²) >= 11 is 0. The highest BCUT2D eigenvalue weighted by atomic mass is 16.3. The second kappa shape index (κ2) is 5.87. The minimum atomic E-state index is -0.386. The standard InChI is InChI=1S/C18H29NO/c1-13-10-15(13)11-19(5)12-17(20)14-6-8-16(9-7-14)18(2,3)4/h6-9,13,15,17,20H,10-12H2,1-5H3. The van der Waals surface area contributed by atoms with Crippen molar-refractivity contribution in [2.75, 3.05) is 20.1 Å². The molecular weight excluding hydrogens is 246 g/mol. The molecule has 3 unspecified atom stereocenters. The molecule has 2 rings (SSSR count). The first kappa shape index (κ1) is 15.5. The Morgan fingerprint density at radius 1 is 1.25 bits per heavy atom. The predicted molar refractivity (Wildman–Crippen MR) is 84.9 cm³/mol. The van der Waals surface area contributed by atoms with E-state index in [0.717, 1.165) is 30.5 Å². The summed E-state index contributed by atoms with van der Waals surface area (Å²) in [6, 6.07) is 8.42. The van der Waals surface area contributed by atoms with E-state index < -0.39 is 0 Å². The van der Waals surface area contributed by atoms with Crippen molar-refractivity contribution in [1.82, 2.24) is 4.90 Å². The van der Waals surface area contributed by atoms with E-state index in [9.17, 15) is 5.11 Å². The van der Waals surface area contributed by atoms with Crippen LogP contribution in [0.4, 0.5) is 0 Å². The molecule has 1 aliphatic rings. The van der Waals surface area contributed by atoms with E-state index in [1.165, 1.54) is 12.0 Å². The van der Waals surface area contributed by atoms with Gasteiger partial charge in [-0.1, -0.05) is 52.0 Å². The summed E-state index contributed by atoms with van der Waals surface area (Å²) in [4.78, 5) is 2.26. The number of aliphatic hydroxyl groups is 1. The Kier molecular flexibility index (Phi) is 4.55. The fourth-order valence-electron chi connectivity index (χ4n) is 2.73. The first-order valence-electron chi connectivity index (χ1n) is 7.74. The Hall–Kier alpha value is -0.860. The molecule has 0 radical (unpaired) electrons. The molecule has 1 N–H and O–H groups in total. The Morgan fingerprint density at radius 3 is 2.25 bits per heavy atom. The zero-order chi connectivity index (χ0) is 14.9. The number of hydrogen-bond donors (Lipinski definition) is 1. The lowest BCUT2D eigenvalue weighted by Crippen LogP contribution is -2.27. The van der Waals surface area contributed by atoms with Gasteiger partial charge >= 0.3 is 0 Å². The molecule has 1 fully saturated rings. The van der Waals surface area contributed by atoms with Crippen LogP contribution in [0.5, 0.6) is 0 Å². The number of likely N-dealkylation sites (N-methyl/N-ethyl adjacent to an activating group) is 1. The molecule has 0 heterocycles. The van der Waals surface area contributed by atoms with Crippen molar-refractivity contribution >= 4 is 0 Å². The molecule has 1 aromatic carbocycles. The zero-order valence-corrected chi connectivity index (χ0v) is 13.6. The van der Waals surface area contributed by atoms with Crippen LogP contribution in [-0.4, -0.2) is 30.1 Å². The summed E-state index contributed by atoms with van der Waals surface area (Å²) in [5.74, 6) is 1.72. The summed E-state index contributed by atoms with van der Waals surface area (Å²) in [6.45, 7) is 10.8. The molecule has 0 saturated heterocycles. The largest absolute Gasteiger partial charge is 0.387 e. The third-order valence-electron chi connectivity index (χ3n) is 4.47. The molecule has 3 atom stereocenters. The lowest BCUT2D eigenvalue weighted by molar-refractivity contribution is 0.124. The van der Waals surface area contributed by atoms with Gasteiger partial charge < -0.3 is 10.0 Å². The molecule has 0 bridgehead atoms. The smallest absolute Gasteiger partial charge is 0.0916 e. The number of nitrogens with zero attached hydrogens (tertiary/aromatic N) is 1. The normalized spacial score (nSPS) is 23.9. The SMILES string of the molecule is CC1CC1CN(C)CC(O)c1ccc(C(C)(C)C)cc1. The summed E-state index contributed by atoms with van der Waals surface area (Å²) < 4.78 is 0. The van der Waals surface area contributed by atoms with Crippen LogP contribution in [0.15, 0.2) is 24.3 Å². The van der Waals surface area contributed by atoms with Gasteiger partial charge in [0.15, 0.2) is 0 Å². The maximum atomic E-state index is 10.3. The minimum absolute atomic E-state index is 0.169. The van der Waals surface area contributed by atoms with E-state index >= 15 is 0 Å². The molecule has 112 valence electrons. The number of hydrogen-bond acceptors (Lipinski definition) is 2. The summed E-state index contributed by atoms with van der Waals surface area (Å²) in [7, 11) is 2.11. The summed E-state index contributed by atoms with van der Waals surface area (Å²) in [5.41, 5.74) is 2.50. The van der Waals surface area contributed by atoms with E-state index in [4.69, 9.17) is 0 Å². The number of benzene rings is 1. The highest BCUT2D eigenvalue weighted by molar-refractivity contribution is 5.28. The third kappa shape index (κ3) is 4.07. The third-order valence-corrected chi connectivity index (χ3v) is 4.47. The van der Waals surface area contributed by atoms with Crippen molar-refractivity contribution in [2.24, 2.45) is 11.8 Å². The van der Waals surface area contributed by atoms with Gasteiger partial charge in [-0.3, -0.25) is 0 Å². The van der Waals surface area contributed by atoms with Crippen molar-refractivity contribution in [3.05, 3.63) is 35.4 Å². The molecule has 0 spiro atoms. The average Bonchev–Trinajstić information content (AvgIpc) is 3.03. The van der Waals surface area contributed by atoms with E-state index in [-0.39, 0.29) is 11.5 Å². The molecule has 1 aliphatic carbocycles. The molecular formula is C18H29NO. The molecule has 0 aliphatic heterocycles. The van der Waals surface area contributed by atoms with Crippen molar-refractivity contribution in [2.45, 2.75) is 45.6 Å². The van der Waals surface area contributed by atoms with E-state index in [0.29, 0.717) is 0 Å². The first-order valence-corrected chi connectivity index (χ1v) is 7.74. The topological polar surface area (TPSA) is 23.5 Å². The van der Waals surface area contributed by atoms with Gasteiger partial charge in [0.1, 0.15) is 0 Å². The van der Waals surface area contributed by atoms with Gasteiger partial charge in [0.05, 0.1) is 6.10 Å². The summed E-state index contributed by atoms with van der Waals surface area (Å²) in [5, 5.41) is 10.3. The molecule has 1 saturated carbocycles. The predicted octanol–water partition coefficient (Wildman–Crippen LogP) is 3.61. The lowest BCUT2D eigenvalue weighted by atomic mass is 9.86. The monoisotopic (exact) mass is 275 g/mol. The Morgan fingerprint density at radius 2 is 1.80 bits per heavy atom. The van der Waals surface area contributed by atoms with Gasteiger partial charge in [0.25, 0.3) is 0 Å². The van der Waals surface area contributed by atoms with Crippen molar-refractivity contribution in [3.63, 3.8) is 0 Å². The van der Waals surface area contributed by atoms with Crippen LogP contribution in [0.25, 0.3) is 0 Å². The first-order chi connectivity index (χ1) is 9.27. The van der Waals surface area contributed by atoms with Crippen LogP contribution >= 0.6 is 0 Å². The van der Waals surface area contributed by atoms with Gasteiger partial charge in [0, 0.05) is 13.1 Å². The van der Waals surface area contributed by atoms with Crippen LogP contribution < -0.4 is 0 Å². The fourth-order valence-corrected chi connectivity index (χ4v) is 2.73. The van der Waals surface area contributed by atoms with Gasteiger partial charge in [-0.2, -0.15) is 0 Å². The number of aliphatic hydroxyl groups excluding tert-OH is 1. The van der Waals surface area contributed by atoms with E-state index in [2.05, 4.69) is 63.9 Å². The highest BCUT2D eigenvalue weighted by Crippen LogP contribution is 2.38.